The predicted octanol–water partition coefficient (Wildman–Crippen LogP) is 5.41. The Hall–Kier alpha value is -1.67. The second-order valence-corrected chi connectivity index (χ2v) is 13.5. The highest BCUT2D eigenvalue weighted by molar-refractivity contribution is 5.85. The van der Waals surface area contributed by atoms with E-state index in [0.717, 1.165) is 70.1 Å². The average Bonchev–Trinajstić information content (AvgIpc) is 2.91. The Labute approximate surface area is 234 Å². The number of carboxylic acids is 2. The molecule has 0 aliphatic heterocycles. The van der Waals surface area contributed by atoms with Crippen molar-refractivity contribution in [3.63, 3.8) is 0 Å². The summed E-state index contributed by atoms with van der Waals surface area (Å²) in [6, 6.07) is 0.485. The molecule has 4 aliphatic carbocycles. The minimum absolute atomic E-state index is 0.0405. The molecular weight excluding hydrogens is 496 g/mol. The highest BCUT2D eigenvalue weighted by Gasteiger charge is 2.39. The maximum absolute atomic E-state index is 13.0. The SMILES string of the molecule is CC1CC(CC2CCC(NC(=O)C3CCCCC3C(=O)O)C(C)C2)CCC1NOCC1CCCCC1C(=O)O. The van der Waals surface area contributed by atoms with Crippen LogP contribution in [0, 0.1) is 47.3 Å². The maximum Gasteiger partial charge on any atom is 0.307 e. The van der Waals surface area contributed by atoms with Crippen molar-refractivity contribution in [2.45, 2.75) is 122 Å². The number of rotatable bonds is 10. The molecule has 10 unspecified atom stereocenters. The molecule has 0 aromatic rings. The molecule has 8 nitrogen and oxygen atoms in total. The first-order valence-corrected chi connectivity index (χ1v) is 15.9. The van der Waals surface area contributed by atoms with Crippen LogP contribution in [0.3, 0.4) is 0 Å². The van der Waals surface area contributed by atoms with Gasteiger partial charge in [-0.1, -0.05) is 39.5 Å². The van der Waals surface area contributed by atoms with Gasteiger partial charge in [0.05, 0.1) is 24.4 Å². The van der Waals surface area contributed by atoms with E-state index in [0.29, 0.717) is 43.2 Å². The summed E-state index contributed by atoms with van der Waals surface area (Å²) in [4.78, 5) is 42.1. The number of aliphatic carboxylic acids is 2. The Balaban J connectivity index is 1.16. The molecule has 0 spiro atoms. The number of nitrogens with one attached hydrogen (secondary N) is 2. The Bertz CT molecular complexity index is 836. The lowest BCUT2D eigenvalue weighted by Gasteiger charge is -2.40. The summed E-state index contributed by atoms with van der Waals surface area (Å²) >= 11 is 0. The van der Waals surface area contributed by atoms with Crippen LogP contribution in [-0.2, 0) is 19.2 Å². The number of carbonyl (C=O) groups is 3. The minimum atomic E-state index is -0.826. The van der Waals surface area contributed by atoms with Gasteiger partial charge in [-0.3, -0.25) is 14.4 Å². The van der Waals surface area contributed by atoms with Crippen molar-refractivity contribution in [1.82, 2.24) is 10.8 Å². The van der Waals surface area contributed by atoms with Crippen LogP contribution >= 0.6 is 0 Å². The maximum atomic E-state index is 13.0. The van der Waals surface area contributed by atoms with E-state index >= 15 is 0 Å². The zero-order valence-corrected chi connectivity index (χ0v) is 24.1. The van der Waals surface area contributed by atoms with E-state index in [1.807, 2.05) is 0 Å². The van der Waals surface area contributed by atoms with Gasteiger partial charge in [-0.15, -0.1) is 0 Å². The molecule has 0 aromatic carbocycles. The fourth-order valence-electron chi connectivity index (χ4n) is 8.33. The number of amides is 1. The molecule has 222 valence electrons. The van der Waals surface area contributed by atoms with Crippen molar-refractivity contribution in [2.75, 3.05) is 6.61 Å². The quantitative estimate of drug-likeness (QED) is 0.269. The van der Waals surface area contributed by atoms with Gasteiger partial charge in [0.2, 0.25) is 5.91 Å². The summed E-state index contributed by atoms with van der Waals surface area (Å²) in [7, 11) is 0. The van der Waals surface area contributed by atoms with Crippen LogP contribution in [0.2, 0.25) is 0 Å². The first kappa shape index (κ1) is 30.3. The Kier molecular flexibility index (Phi) is 11.1. The normalized spacial score (nSPS) is 39.5. The van der Waals surface area contributed by atoms with Gasteiger partial charge in [-0.05, 0) is 100 Å². The number of carbonyl (C=O) groups excluding carboxylic acids is 1. The third-order valence-corrected chi connectivity index (χ3v) is 10.7. The molecule has 4 saturated carbocycles. The standard InChI is InChI=1S/C31H52N2O6/c1-19-15-21(11-13-27(19)32-29(34)25-9-5-6-10-26(25)31(37)38)17-22-12-14-28(20(2)16-22)33-39-18-23-7-3-4-8-24(23)30(35)36/h19-28,33H,3-18H2,1-2H3,(H,32,34)(H,35,36)(H,37,38). The zero-order valence-electron chi connectivity index (χ0n) is 24.1. The van der Waals surface area contributed by atoms with Gasteiger partial charge in [0.1, 0.15) is 0 Å². The van der Waals surface area contributed by atoms with Crippen molar-refractivity contribution >= 4 is 17.8 Å². The molecule has 39 heavy (non-hydrogen) atoms. The summed E-state index contributed by atoms with van der Waals surface area (Å²) in [5.74, 6) is -0.274. The van der Waals surface area contributed by atoms with Crippen LogP contribution in [0.15, 0.2) is 0 Å². The van der Waals surface area contributed by atoms with E-state index in [9.17, 15) is 24.6 Å². The van der Waals surface area contributed by atoms with Crippen molar-refractivity contribution < 1.29 is 29.4 Å². The van der Waals surface area contributed by atoms with Crippen molar-refractivity contribution in [1.29, 1.82) is 0 Å². The van der Waals surface area contributed by atoms with Gasteiger partial charge in [0.25, 0.3) is 0 Å². The molecule has 4 rings (SSSR count). The number of hydrogen-bond acceptors (Lipinski definition) is 5. The fraction of sp³-hybridized carbons (Fsp3) is 0.903. The molecule has 4 fully saturated rings. The summed E-state index contributed by atoms with van der Waals surface area (Å²) in [5, 5.41) is 22.3. The van der Waals surface area contributed by atoms with Crippen molar-refractivity contribution in [3.05, 3.63) is 0 Å². The van der Waals surface area contributed by atoms with Gasteiger partial charge in [-0.2, -0.15) is 5.48 Å². The molecule has 4 N–H and O–H groups in total. The van der Waals surface area contributed by atoms with E-state index in [4.69, 9.17) is 4.84 Å². The van der Waals surface area contributed by atoms with E-state index < -0.39 is 17.9 Å². The highest BCUT2D eigenvalue weighted by atomic mass is 16.6. The Morgan fingerprint density at radius 2 is 1.23 bits per heavy atom. The van der Waals surface area contributed by atoms with E-state index in [-0.39, 0.29) is 29.7 Å². The third kappa shape index (κ3) is 8.18. The molecule has 0 heterocycles. The zero-order chi connectivity index (χ0) is 27.9. The topological polar surface area (TPSA) is 125 Å². The van der Waals surface area contributed by atoms with Gasteiger partial charge >= 0.3 is 11.9 Å². The fourth-order valence-corrected chi connectivity index (χ4v) is 8.33. The predicted molar refractivity (Wildman–Crippen MR) is 149 cm³/mol. The number of carboxylic acid groups (broad SMARTS) is 2. The number of hydroxylamine groups is 1. The lowest BCUT2D eigenvalue weighted by molar-refractivity contribution is -0.149. The van der Waals surface area contributed by atoms with E-state index in [1.165, 1.54) is 19.3 Å². The van der Waals surface area contributed by atoms with Crippen molar-refractivity contribution in [3.8, 4) is 0 Å². The van der Waals surface area contributed by atoms with Crippen molar-refractivity contribution in [2.24, 2.45) is 47.3 Å². The summed E-state index contributed by atoms with van der Waals surface area (Å²) < 4.78 is 0. The molecular formula is C31H52N2O6. The van der Waals surface area contributed by atoms with Crippen LogP contribution in [-0.4, -0.2) is 46.7 Å². The van der Waals surface area contributed by atoms with Crippen LogP contribution in [0.25, 0.3) is 0 Å². The molecule has 8 heteroatoms. The second kappa shape index (κ2) is 14.3. The minimum Gasteiger partial charge on any atom is -0.481 e. The Morgan fingerprint density at radius 1 is 0.692 bits per heavy atom. The van der Waals surface area contributed by atoms with Crippen LogP contribution < -0.4 is 10.8 Å². The first-order chi connectivity index (χ1) is 18.7. The first-order valence-electron chi connectivity index (χ1n) is 15.9. The van der Waals surface area contributed by atoms with Crippen LogP contribution in [0.5, 0.6) is 0 Å². The largest absolute Gasteiger partial charge is 0.481 e. The molecule has 0 radical (unpaired) electrons. The molecule has 0 saturated heterocycles. The molecule has 0 aromatic heterocycles. The van der Waals surface area contributed by atoms with Crippen LogP contribution in [0.1, 0.15) is 110 Å². The summed E-state index contributed by atoms with van der Waals surface area (Å²) in [5.41, 5.74) is 3.30. The number of hydrogen-bond donors (Lipinski definition) is 4. The highest BCUT2D eigenvalue weighted by Crippen LogP contribution is 2.40. The van der Waals surface area contributed by atoms with Gasteiger partial charge in [0.15, 0.2) is 0 Å². The molecule has 0 bridgehead atoms. The lowest BCUT2D eigenvalue weighted by atomic mass is 9.70. The average molecular weight is 549 g/mol. The Morgan fingerprint density at radius 3 is 1.82 bits per heavy atom. The smallest absolute Gasteiger partial charge is 0.307 e. The summed E-state index contributed by atoms with van der Waals surface area (Å²) in [6.45, 7) is 5.03. The van der Waals surface area contributed by atoms with E-state index in [1.54, 1.807) is 0 Å². The monoisotopic (exact) mass is 548 g/mol. The molecule has 4 aliphatic rings. The summed E-state index contributed by atoms with van der Waals surface area (Å²) in [6.07, 6.45) is 14.9. The van der Waals surface area contributed by atoms with Gasteiger partial charge in [-0.25, -0.2) is 0 Å². The van der Waals surface area contributed by atoms with E-state index in [2.05, 4.69) is 24.6 Å². The molecule has 10 atom stereocenters. The second-order valence-electron chi connectivity index (χ2n) is 13.5. The lowest BCUT2D eigenvalue weighted by Crippen LogP contribution is -2.48. The van der Waals surface area contributed by atoms with Gasteiger partial charge < -0.3 is 20.4 Å². The third-order valence-electron chi connectivity index (χ3n) is 10.7. The molecule has 1 amide bonds. The van der Waals surface area contributed by atoms with Crippen LogP contribution in [0.4, 0.5) is 0 Å². The van der Waals surface area contributed by atoms with Gasteiger partial charge in [0, 0.05) is 12.1 Å².